The Labute approximate surface area is 160 Å². The fourth-order valence-corrected chi connectivity index (χ4v) is 2.82. The third-order valence-corrected chi connectivity index (χ3v) is 4.67. The lowest BCUT2D eigenvalue weighted by atomic mass is 10.0. The summed E-state index contributed by atoms with van der Waals surface area (Å²) in [5.74, 6) is 7.58. The van der Waals surface area contributed by atoms with Crippen LogP contribution in [0.3, 0.4) is 0 Å². The summed E-state index contributed by atoms with van der Waals surface area (Å²) in [6.45, 7) is 0. The second kappa shape index (κ2) is 8.42. The number of ether oxygens (including phenoxy) is 1. The number of methoxy groups -OCH3 is 1. The number of aliphatic hydroxyl groups is 1. The SMILES string of the molecule is C#CC(O)c1ccc(OC)cc1C#C/C=C1/CCC=C1OS(=O)(=O)C(F)(F)F. The molecule has 1 atom stereocenters. The van der Waals surface area contributed by atoms with E-state index in [1.54, 1.807) is 12.1 Å². The van der Waals surface area contributed by atoms with Crippen LogP contribution >= 0.6 is 0 Å². The van der Waals surface area contributed by atoms with Crippen LogP contribution in [0.1, 0.15) is 30.1 Å². The van der Waals surface area contributed by atoms with E-state index in [0.717, 1.165) is 0 Å². The average Bonchev–Trinajstić information content (AvgIpc) is 3.06. The number of halogens is 3. The highest BCUT2D eigenvalue weighted by Crippen LogP contribution is 2.33. The van der Waals surface area contributed by atoms with Crippen molar-refractivity contribution in [3.63, 3.8) is 0 Å². The van der Waals surface area contributed by atoms with Crippen molar-refractivity contribution in [2.75, 3.05) is 7.11 Å². The van der Waals surface area contributed by atoms with Gasteiger partial charge < -0.3 is 14.0 Å². The third kappa shape index (κ3) is 4.89. The van der Waals surface area contributed by atoms with Crippen LogP contribution in [-0.4, -0.2) is 26.1 Å². The average molecular weight is 412 g/mol. The summed E-state index contributed by atoms with van der Waals surface area (Å²) in [5, 5.41) is 9.87. The monoisotopic (exact) mass is 412 g/mol. The Morgan fingerprint density at radius 2 is 2.07 bits per heavy atom. The highest BCUT2D eigenvalue weighted by Gasteiger charge is 2.49. The summed E-state index contributed by atoms with van der Waals surface area (Å²) in [7, 11) is -4.31. The third-order valence-electron chi connectivity index (χ3n) is 3.71. The molecule has 1 unspecified atom stereocenters. The summed E-state index contributed by atoms with van der Waals surface area (Å²) >= 11 is 0. The van der Waals surface area contributed by atoms with Crippen LogP contribution in [0.25, 0.3) is 0 Å². The zero-order valence-electron chi connectivity index (χ0n) is 14.6. The van der Waals surface area contributed by atoms with Crippen molar-refractivity contribution >= 4 is 10.1 Å². The van der Waals surface area contributed by atoms with Gasteiger partial charge in [-0.3, -0.25) is 0 Å². The van der Waals surface area contributed by atoms with Crippen LogP contribution in [0.2, 0.25) is 0 Å². The molecule has 1 aliphatic rings. The minimum absolute atomic E-state index is 0.210. The van der Waals surface area contributed by atoms with Crippen molar-refractivity contribution in [1.29, 1.82) is 0 Å². The van der Waals surface area contributed by atoms with E-state index in [2.05, 4.69) is 21.9 Å². The highest BCUT2D eigenvalue weighted by molar-refractivity contribution is 7.87. The number of allylic oxidation sites excluding steroid dienone is 3. The number of alkyl halides is 3. The molecule has 0 radical (unpaired) electrons. The van der Waals surface area contributed by atoms with Crippen LogP contribution in [0.4, 0.5) is 13.2 Å². The van der Waals surface area contributed by atoms with E-state index in [9.17, 15) is 26.7 Å². The smallest absolute Gasteiger partial charge is 0.497 e. The number of aliphatic hydroxyl groups excluding tert-OH is 1. The topological polar surface area (TPSA) is 72.8 Å². The quantitative estimate of drug-likeness (QED) is 0.467. The standard InChI is InChI=1S/C19H15F3O5S/c1-3-17(23)16-11-10-15(26-2)12-14(16)8-4-6-13-7-5-9-18(13)27-28(24,25)19(20,21)22/h1,6,9-12,17,23H,5,7H2,2H3/b13-6-. The van der Waals surface area contributed by atoms with Gasteiger partial charge in [-0.25, -0.2) is 0 Å². The molecule has 0 fully saturated rings. The van der Waals surface area contributed by atoms with Crippen LogP contribution in [-0.2, 0) is 14.3 Å². The second-order valence-electron chi connectivity index (χ2n) is 5.55. The molecule has 5 nitrogen and oxygen atoms in total. The molecule has 9 heteroatoms. The Hall–Kier alpha value is -2.88. The zero-order valence-corrected chi connectivity index (χ0v) is 15.4. The molecule has 0 aliphatic heterocycles. The number of rotatable bonds is 4. The van der Waals surface area contributed by atoms with Gasteiger partial charge in [-0.05, 0) is 37.1 Å². The van der Waals surface area contributed by atoms with Crippen molar-refractivity contribution in [3.05, 3.63) is 52.8 Å². The first-order chi connectivity index (χ1) is 13.1. The lowest BCUT2D eigenvalue weighted by Crippen LogP contribution is -2.25. The van der Waals surface area contributed by atoms with Crippen LogP contribution in [0.5, 0.6) is 5.75 Å². The van der Waals surface area contributed by atoms with E-state index in [0.29, 0.717) is 23.3 Å². The normalized spacial score (nSPS) is 16.6. The van der Waals surface area contributed by atoms with Crippen molar-refractivity contribution in [2.24, 2.45) is 0 Å². The highest BCUT2D eigenvalue weighted by atomic mass is 32.2. The molecule has 0 saturated heterocycles. The van der Waals surface area contributed by atoms with Crippen molar-refractivity contribution in [1.82, 2.24) is 0 Å². The molecule has 0 aromatic heterocycles. The van der Waals surface area contributed by atoms with Crippen LogP contribution < -0.4 is 4.74 Å². The summed E-state index contributed by atoms with van der Waals surface area (Å²) in [6.07, 6.45) is 7.11. The summed E-state index contributed by atoms with van der Waals surface area (Å²) < 4.78 is 69.0. The van der Waals surface area contributed by atoms with E-state index >= 15 is 0 Å². The lowest BCUT2D eigenvalue weighted by molar-refractivity contribution is -0.0520. The molecule has 1 aromatic carbocycles. The molecular formula is C19H15F3O5S. The van der Waals surface area contributed by atoms with Gasteiger partial charge in [-0.1, -0.05) is 23.8 Å². The van der Waals surface area contributed by atoms with Gasteiger partial charge >= 0.3 is 15.6 Å². The molecule has 0 spiro atoms. The molecule has 148 valence electrons. The predicted molar refractivity (Wildman–Crippen MR) is 95.1 cm³/mol. The van der Waals surface area contributed by atoms with Gasteiger partial charge in [-0.15, -0.1) is 6.42 Å². The van der Waals surface area contributed by atoms with Gasteiger partial charge in [0, 0.05) is 16.7 Å². The van der Waals surface area contributed by atoms with Gasteiger partial charge in [0.25, 0.3) is 0 Å². The number of hydrogen-bond donors (Lipinski definition) is 1. The minimum atomic E-state index is -5.75. The number of benzene rings is 1. The molecule has 1 aliphatic carbocycles. The van der Waals surface area contributed by atoms with Gasteiger partial charge in [0.05, 0.1) is 7.11 Å². The van der Waals surface area contributed by atoms with E-state index < -0.39 is 27.5 Å². The molecule has 0 saturated carbocycles. The Bertz CT molecular complexity index is 1020. The first kappa shape index (κ1) is 21.4. The van der Waals surface area contributed by atoms with Crippen LogP contribution in [0.15, 0.2) is 41.7 Å². The largest absolute Gasteiger partial charge is 0.534 e. The van der Waals surface area contributed by atoms with Crippen molar-refractivity contribution in [3.8, 4) is 29.9 Å². The first-order valence-electron chi connectivity index (χ1n) is 7.83. The molecule has 0 amide bonds. The summed E-state index contributed by atoms with van der Waals surface area (Å²) in [6, 6.07) is 4.67. The fraction of sp³-hybridized carbons (Fsp3) is 0.263. The molecule has 1 N–H and O–H groups in total. The maximum Gasteiger partial charge on any atom is 0.534 e. The Kier molecular flexibility index (Phi) is 6.45. The van der Waals surface area contributed by atoms with E-state index in [1.807, 2.05) is 0 Å². The first-order valence-corrected chi connectivity index (χ1v) is 9.24. The van der Waals surface area contributed by atoms with E-state index in [4.69, 9.17) is 11.2 Å². The fourth-order valence-electron chi connectivity index (χ4n) is 2.31. The molecule has 1 aromatic rings. The van der Waals surface area contributed by atoms with E-state index in [-0.39, 0.29) is 12.0 Å². The number of hydrogen-bond acceptors (Lipinski definition) is 5. The number of terminal acetylenes is 1. The van der Waals surface area contributed by atoms with Crippen LogP contribution in [0, 0.1) is 24.2 Å². The van der Waals surface area contributed by atoms with Gasteiger partial charge in [-0.2, -0.15) is 21.6 Å². The van der Waals surface area contributed by atoms with Crippen molar-refractivity contribution < 1.29 is 35.6 Å². The summed E-state index contributed by atoms with van der Waals surface area (Å²) in [4.78, 5) is 0. The van der Waals surface area contributed by atoms with Gasteiger partial charge in [0.15, 0.2) is 0 Å². The maximum atomic E-state index is 12.5. The minimum Gasteiger partial charge on any atom is -0.497 e. The lowest BCUT2D eigenvalue weighted by Gasteiger charge is -2.11. The molecule has 28 heavy (non-hydrogen) atoms. The Morgan fingerprint density at radius 1 is 1.36 bits per heavy atom. The zero-order chi connectivity index (χ0) is 20.9. The Balaban J connectivity index is 2.31. The van der Waals surface area contributed by atoms with Gasteiger partial charge in [0.2, 0.25) is 0 Å². The van der Waals surface area contributed by atoms with Crippen molar-refractivity contribution in [2.45, 2.75) is 24.5 Å². The second-order valence-corrected chi connectivity index (χ2v) is 7.09. The van der Waals surface area contributed by atoms with Gasteiger partial charge in [0.1, 0.15) is 17.6 Å². The molecule has 0 heterocycles. The van der Waals surface area contributed by atoms with E-state index in [1.165, 1.54) is 25.3 Å². The molecule has 0 bridgehead atoms. The molecular weight excluding hydrogens is 397 g/mol. The Morgan fingerprint density at radius 3 is 2.68 bits per heavy atom. The summed E-state index contributed by atoms with van der Waals surface area (Å²) in [5.41, 5.74) is -4.60. The maximum absolute atomic E-state index is 12.5. The molecule has 2 rings (SSSR count). The predicted octanol–water partition coefficient (Wildman–Crippen LogP) is 3.18.